The predicted octanol–water partition coefficient (Wildman–Crippen LogP) is 2.04. The molecule has 14 heavy (non-hydrogen) atoms. The van der Waals surface area contributed by atoms with Crippen molar-refractivity contribution in [2.24, 2.45) is 5.92 Å². The van der Waals surface area contributed by atoms with Gasteiger partial charge < -0.3 is 4.52 Å². The lowest BCUT2D eigenvalue weighted by molar-refractivity contribution is 0.355. The molecule has 1 atom stereocenters. The summed E-state index contributed by atoms with van der Waals surface area (Å²) < 4.78 is 5.11. The summed E-state index contributed by atoms with van der Waals surface area (Å²) in [6.45, 7) is 2.02. The van der Waals surface area contributed by atoms with Crippen LogP contribution >= 0.6 is 0 Å². The van der Waals surface area contributed by atoms with E-state index < -0.39 is 0 Å². The lowest BCUT2D eigenvalue weighted by Crippen LogP contribution is -1.98. The van der Waals surface area contributed by atoms with Gasteiger partial charge in [-0.25, -0.2) is 0 Å². The summed E-state index contributed by atoms with van der Waals surface area (Å²) in [5.74, 6) is 2.37. The molecule has 1 aliphatic rings. The largest absolute Gasteiger partial charge is 0.339 e. The van der Waals surface area contributed by atoms with Crippen molar-refractivity contribution in [2.75, 3.05) is 0 Å². The Morgan fingerprint density at radius 1 is 1.64 bits per heavy atom. The molecule has 1 fully saturated rings. The highest BCUT2D eigenvalue weighted by Crippen LogP contribution is 2.38. The number of rotatable bonds is 4. The third-order valence-corrected chi connectivity index (χ3v) is 2.39. The quantitative estimate of drug-likeness (QED) is 0.730. The van der Waals surface area contributed by atoms with E-state index in [9.17, 15) is 0 Å². The molecule has 0 bridgehead atoms. The lowest BCUT2D eigenvalue weighted by atomic mass is 10.1. The number of nitrogens with zero attached hydrogens (tertiary/aromatic N) is 3. The maximum Gasteiger partial charge on any atom is 0.226 e. The molecule has 1 aliphatic carbocycles. The van der Waals surface area contributed by atoms with Gasteiger partial charge in [0, 0.05) is 18.8 Å². The molecule has 1 heterocycles. The van der Waals surface area contributed by atoms with E-state index in [4.69, 9.17) is 9.78 Å². The van der Waals surface area contributed by atoms with Crippen LogP contribution in [0.25, 0.3) is 0 Å². The van der Waals surface area contributed by atoms with E-state index in [0.29, 0.717) is 30.6 Å². The van der Waals surface area contributed by atoms with Crippen LogP contribution in [0.15, 0.2) is 4.52 Å². The number of aromatic nitrogens is 2. The smallest absolute Gasteiger partial charge is 0.226 e. The van der Waals surface area contributed by atoms with Crippen LogP contribution in [-0.2, 0) is 6.42 Å². The van der Waals surface area contributed by atoms with Gasteiger partial charge in [0.05, 0.1) is 6.07 Å². The van der Waals surface area contributed by atoms with Crippen LogP contribution in [0.2, 0.25) is 0 Å². The monoisotopic (exact) mass is 191 g/mol. The topological polar surface area (TPSA) is 62.7 Å². The Balaban J connectivity index is 1.92. The molecule has 1 aromatic rings. The van der Waals surface area contributed by atoms with Crippen molar-refractivity contribution < 1.29 is 4.52 Å². The minimum absolute atomic E-state index is 0.299. The Labute approximate surface area is 82.9 Å². The first-order chi connectivity index (χ1) is 6.79. The van der Waals surface area contributed by atoms with Gasteiger partial charge in [-0.15, -0.1) is 0 Å². The van der Waals surface area contributed by atoms with Gasteiger partial charge in [-0.2, -0.15) is 10.2 Å². The fourth-order valence-electron chi connectivity index (χ4n) is 1.38. The van der Waals surface area contributed by atoms with Gasteiger partial charge in [-0.3, -0.25) is 0 Å². The van der Waals surface area contributed by atoms with E-state index in [1.807, 2.05) is 6.92 Å². The number of nitriles is 1. The van der Waals surface area contributed by atoms with Crippen LogP contribution in [0, 0.1) is 17.2 Å². The normalized spacial score (nSPS) is 17.7. The van der Waals surface area contributed by atoms with E-state index in [-0.39, 0.29) is 0 Å². The summed E-state index contributed by atoms with van der Waals surface area (Å²) in [5, 5.41) is 12.4. The first-order valence-electron chi connectivity index (χ1n) is 4.99. The molecule has 1 aromatic heterocycles. The second kappa shape index (κ2) is 3.79. The summed E-state index contributed by atoms with van der Waals surface area (Å²) in [5.41, 5.74) is 0. The van der Waals surface area contributed by atoms with Crippen molar-refractivity contribution in [2.45, 2.75) is 38.5 Å². The zero-order valence-corrected chi connectivity index (χ0v) is 8.23. The van der Waals surface area contributed by atoms with Gasteiger partial charge in [0.25, 0.3) is 0 Å². The van der Waals surface area contributed by atoms with Crippen LogP contribution in [0.5, 0.6) is 0 Å². The molecule has 74 valence electrons. The van der Waals surface area contributed by atoms with Crippen molar-refractivity contribution in [3.63, 3.8) is 0 Å². The zero-order valence-electron chi connectivity index (χ0n) is 8.23. The molecule has 4 heteroatoms. The van der Waals surface area contributed by atoms with Crippen molar-refractivity contribution >= 4 is 0 Å². The van der Waals surface area contributed by atoms with Crippen molar-refractivity contribution in [3.05, 3.63) is 11.7 Å². The third-order valence-electron chi connectivity index (χ3n) is 2.39. The van der Waals surface area contributed by atoms with Gasteiger partial charge in [-0.1, -0.05) is 12.1 Å². The molecular weight excluding hydrogens is 178 g/mol. The van der Waals surface area contributed by atoms with Gasteiger partial charge in [-0.05, 0) is 18.8 Å². The van der Waals surface area contributed by atoms with E-state index in [0.717, 1.165) is 5.82 Å². The lowest BCUT2D eigenvalue weighted by Gasteiger charge is -2.00. The third kappa shape index (κ3) is 2.11. The standard InChI is InChI=1S/C10H13N3O/c1-7(4-5-11)6-9-12-10(13-14-9)8-2-3-8/h7-8H,2-4,6H2,1H3. The molecule has 0 N–H and O–H groups in total. The van der Waals surface area contributed by atoms with Crippen LogP contribution in [0.1, 0.15) is 43.8 Å². The molecule has 0 aliphatic heterocycles. The van der Waals surface area contributed by atoms with Gasteiger partial charge in [0.2, 0.25) is 5.89 Å². The molecule has 0 spiro atoms. The average Bonchev–Trinajstić information content (AvgIpc) is 2.89. The van der Waals surface area contributed by atoms with Crippen molar-refractivity contribution in [1.82, 2.24) is 10.1 Å². The van der Waals surface area contributed by atoms with E-state index in [1.165, 1.54) is 12.8 Å². The number of hydrogen-bond donors (Lipinski definition) is 0. The Kier molecular flexibility index (Phi) is 2.49. The summed E-state index contributed by atoms with van der Waals surface area (Å²) in [4.78, 5) is 4.31. The Hall–Kier alpha value is -1.37. The fraction of sp³-hybridized carbons (Fsp3) is 0.700. The molecule has 0 radical (unpaired) electrons. The first-order valence-corrected chi connectivity index (χ1v) is 4.99. The molecule has 0 aromatic carbocycles. The maximum absolute atomic E-state index is 8.50. The Morgan fingerprint density at radius 2 is 2.43 bits per heavy atom. The molecule has 0 amide bonds. The Bertz CT molecular complexity index is 348. The summed E-state index contributed by atoms with van der Waals surface area (Å²) >= 11 is 0. The minimum Gasteiger partial charge on any atom is -0.339 e. The highest BCUT2D eigenvalue weighted by molar-refractivity contribution is 5.03. The minimum atomic E-state index is 0.299. The molecule has 1 unspecified atom stereocenters. The van der Waals surface area contributed by atoms with Crippen LogP contribution in [0.4, 0.5) is 0 Å². The van der Waals surface area contributed by atoms with E-state index in [1.54, 1.807) is 0 Å². The predicted molar refractivity (Wildman–Crippen MR) is 49.4 cm³/mol. The van der Waals surface area contributed by atoms with Crippen molar-refractivity contribution in [3.8, 4) is 6.07 Å². The van der Waals surface area contributed by atoms with Crippen LogP contribution in [0.3, 0.4) is 0 Å². The van der Waals surface area contributed by atoms with Crippen LogP contribution in [-0.4, -0.2) is 10.1 Å². The van der Waals surface area contributed by atoms with Crippen LogP contribution < -0.4 is 0 Å². The molecule has 2 rings (SSSR count). The average molecular weight is 191 g/mol. The van der Waals surface area contributed by atoms with Gasteiger partial charge in [0.15, 0.2) is 5.82 Å². The molecule has 0 saturated heterocycles. The van der Waals surface area contributed by atoms with E-state index >= 15 is 0 Å². The second-order valence-electron chi connectivity index (χ2n) is 3.99. The summed E-state index contributed by atoms with van der Waals surface area (Å²) in [6.07, 6.45) is 3.63. The maximum atomic E-state index is 8.50. The summed E-state index contributed by atoms with van der Waals surface area (Å²) in [7, 11) is 0. The highest BCUT2D eigenvalue weighted by Gasteiger charge is 2.28. The molecule has 1 saturated carbocycles. The first kappa shape index (κ1) is 9.20. The van der Waals surface area contributed by atoms with Gasteiger partial charge >= 0.3 is 0 Å². The van der Waals surface area contributed by atoms with Crippen molar-refractivity contribution in [1.29, 1.82) is 5.26 Å². The molecule has 4 nitrogen and oxygen atoms in total. The van der Waals surface area contributed by atoms with Gasteiger partial charge in [0.1, 0.15) is 0 Å². The highest BCUT2D eigenvalue weighted by atomic mass is 16.5. The fourth-order valence-corrected chi connectivity index (χ4v) is 1.38. The Morgan fingerprint density at radius 3 is 3.07 bits per heavy atom. The van der Waals surface area contributed by atoms with E-state index in [2.05, 4.69) is 16.2 Å². The second-order valence-corrected chi connectivity index (χ2v) is 3.99. The number of hydrogen-bond acceptors (Lipinski definition) is 4. The SMILES string of the molecule is CC(CC#N)Cc1nc(C2CC2)no1. The summed E-state index contributed by atoms with van der Waals surface area (Å²) in [6, 6.07) is 2.14. The molecular formula is C10H13N3O. The zero-order chi connectivity index (χ0) is 9.97.